The molecular formula is C12H15NO3. The van der Waals surface area contributed by atoms with Gasteiger partial charge in [-0.15, -0.1) is 0 Å². The lowest BCUT2D eigenvalue weighted by atomic mass is 9.96. The Morgan fingerprint density at radius 3 is 2.75 bits per heavy atom. The van der Waals surface area contributed by atoms with E-state index in [2.05, 4.69) is 0 Å². The second kappa shape index (κ2) is 4.33. The molecule has 0 aromatic heterocycles. The monoisotopic (exact) mass is 221 g/mol. The molecule has 4 nitrogen and oxygen atoms in total. The van der Waals surface area contributed by atoms with Crippen molar-refractivity contribution in [2.24, 2.45) is 5.73 Å². The number of rotatable bonds is 3. The third-order valence-corrected chi connectivity index (χ3v) is 3.04. The number of benzene rings is 1. The highest BCUT2D eigenvalue weighted by Gasteiger charge is 2.26. The molecule has 0 spiro atoms. The maximum absolute atomic E-state index is 11.5. The molecule has 4 heteroatoms. The van der Waals surface area contributed by atoms with Gasteiger partial charge in [-0.25, -0.2) is 0 Å². The summed E-state index contributed by atoms with van der Waals surface area (Å²) in [5, 5.41) is 19.4. The van der Waals surface area contributed by atoms with E-state index in [1.54, 1.807) is 18.2 Å². The summed E-state index contributed by atoms with van der Waals surface area (Å²) in [7, 11) is 0. The lowest BCUT2D eigenvalue weighted by Gasteiger charge is -2.19. The zero-order chi connectivity index (χ0) is 11.7. The minimum absolute atomic E-state index is 0.00121. The van der Waals surface area contributed by atoms with Crippen molar-refractivity contribution >= 4 is 5.78 Å². The molecule has 2 rings (SSSR count). The molecule has 0 saturated carbocycles. The van der Waals surface area contributed by atoms with Crippen LogP contribution in [-0.4, -0.2) is 28.6 Å². The molecule has 86 valence electrons. The van der Waals surface area contributed by atoms with Gasteiger partial charge in [0.15, 0.2) is 5.78 Å². The fraction of sp³-hybridized carbons (Fsp3) is 0.417. The zero-order valence-corrected chi connectivity index (χ0v) is 8.89. The van der Waals surface area contributed by atoms with Crippen LogP contribution in [0.4, 0.5) is 0 Å². The van der Waals surface area contributed by atoms with Crippen LogP contribution in [0, 0.1) is 0 Å². The van der Waals surface area contributed by atoms with Crippen LogP contribution >= 0.6 is 0 Å². The second-order valence-corrected chi connectivity index (χ2v) is 4.04. The number of fused-ring (bicyclic) bond motifs is 1. The Morgan fingerprint density at radius 2 is 2.06 bits per heavy atom. The van der Waals surface area contributed by atoms with Crippen LogP contribution in [0.2, 0.25) is 0 Å². The third-order valence-electron chi connectivity index (χ3n) is 3.04. The van der Waals surface area contributed by atoms with Crippen molar-refractivity contribution < 1.29 is 15.0 Å². The van der Waals surface area contributed by atoms with Crippen molar-refractivity contribution in [3.05, 3.63) is 34.9 Å². The van der Waals surface area contributed by atoms with Gasteiger partial charge in [0.2, 0.25) is 0 Å². The summed E-state index contributed by atoms with van der Waals surface area (Å²) in [6, 6.07) is 5.22. The van der Waals surface area contributed by atoms with Gasteiger partial charge in [0, 0.05) is 18.5 Å². The molecule has 1 aliphatic rings. The normalized spacial score (nSPS) is 18.3. The van der Waals surface area contributed by atoms with E-state index in [1.807, 2.05) is 0 Å². The number of carbonyl (C=O) groups is 1. The molecule has 2 atom stereocenters. The number of hydrogen-bond donors (Lipinski definition) is 3. The molecule has 4 N–H and O–H groups in total. The van der Waals surface area contributed by atoms with E-state index in [-0.39, 0.29) is 12.3 Å². The molecule has 1 aromatic carbocycles. The highest BCUT2D eigenvalue weighted by molar-refractivity contribution is 6.00. The van der Waals surface area contributed by atoms with Crippen molar-refractivity contribution in [1.82, 2.24) is 0 Å². The average molecular weight is 221 g/mol. The highest BCUT2D eigenvalue weighted by atomic mass is 16.3. The number of hydrogen-bond acceptors (Lipinski definition) is 4. The molecule has 0 amide bonds. The summed E-state index contributed by atoms with van der Waals surface area (Å²) in [5.41, 5.74) is 7.45. The van der Waals surface area contributed by atoms with Crippen LogP contribution in [-0.2, 0) is 6.42 Å². The highest BCUT2D eigenvalue weighted by Crippen LogP contribution is 2.30. The number of carbonyl (C=O) groups excluding carboxylic acids is 1. The lowest BCUT2D eigenvalue weighted by molar-refractivity contribution is 0.0238. The van der Waals surface area contributed by atoms with E-state index in [4.69, 9.17) is 5.73 Å². The van der Waals surface area contributed by atoms with Gasteiger partial charge in [0.25, 0.3) is 0 Å². The molecule has 0 radical (unpaired) electrons. The van der Waals surface area contributed by atoms with Gasteiger partial charge in [-0.3, -0.25) is 4.79 Å². The van der Waals surface area contributed by atoms with Gasteiger partial charge >= 0.3 is 0 Å². The molecule has 0 heterocycles. The summed E-state index contributed by atoms with van der Waals surface area (Å²) in [6.07, 6.45) is -0.871. The molecular weight excluding hydrogens is 206 g/mol. The van der Waals surface area contributed by atoms with Gasteiger partial charge in [-0.05, 0) is 17.5 Å². The fourth-order valence-electron chi connectivity index (χ4n) is 2.13. The summed E-state index contributed by atoms with van der Waals surface area (Å²) >= 11 is 0. The lowest BCUT2D eigenvalue weighted by Crippen LogP contribution is -2.27. The van der Waals surface area contributed by atoms with Gasteiger partial charge in [0.1, 0.15) is 6.10 Å². The first-order valence-electron chi connectivity index (χ1n) is 5.36. The van der Waals surface area contributed by atoms with Gasteiger partial charge in [0.05, 0.1) is 6.10 Å². The van der Waals surface area contributed by atoms with Crippen molar-refractivity contribution in [1.29, 1.82) is 0 Å². The number of ketones is 1. The maximum Gasteiger partial charge on any atom is 0.163 e. The SMILES string of the molecule is NCC(O)C(O)c1cccc2c1CCC2=O. The number of aliphatic hydroxyl groups excluding tert-OH is 2. The third kappa shape index (κ3) is 1.75. The van der Waals surface area contributed by atoms with Crippen LogP contribution in [0.1, 0.15) is 34.0 Å². The van der Waals surface area contributed by atoms with Gasteiger partial charge in [-0.1, -0.05) is 18.2 Å². The van der Waals surface area contributed by atoms with Crippen LogP contribution < -0.4 is 5.73 Å². The predicted molar refractivity (Wildman–Crippen MR) is 59.1 cm³/mol. The summed E-state index contributed by atoms with van der Waals surface area (Å²) in [5.74, 6) is 0.103. The number of aliphatic hydroxyl groups is 2. The van der Waals surface area contributed by atoms with E-state index in [0.29, 0.717) is 24.0 Å². The topological polar surface area (TPSA) is 83.6 Å². The van der Waals surface area contributed by atoms with Crippen molar-refractivity contribution in [2.75, 3.05) is 6.54 Å². The van der Waals surface area contributed by atoms with E-state index >= 15 is 0 Å². The Bertz CT molecular complexity index is 417. The fourth-order valence-corrected chi connectivity index (χ4v) is 2.13. The van der Waals surface area contributed by atoms with Gasteiger partial charge < -0.3 is 15.9 Å². The number of nitrogens with two attached hydrogens (primary N) is 1. The van der Waals surface area contributed by atoms with Crippen molar-refractivity contribution in [3.8, 4) is 0 Å². The van der Waals surface area contributed by atoms with Crippen LogP contribution in [0.15, 0.2) is 18.2 Å². The molecule has 0 aliphatic heterocycles. The second-order valence-electron chi connectivity index (χ2n) is 4.04. The van der Waals surface area contributed by atoms with Crippen molar-refractivity contribution in [3.63, 3.8) is 0 Å². The molecule has 0 bridgehead atoms. The van der Waals surface area contributed by atoms with E-state index in [1.165, 1.54) is 0 Å². The Kier molecular flexibility index (Phi) is 3.05. The van der Waals surface area contributed by atoms with Crippen LogP contribution in [0.3, 0.4) is 0 Å². The minimum atomic E-state index is -1.01. The Balaban J connectivity index is 2.40. The molecule has 0 saturated heterocycles. The van der Waals surface area contributed by atoms with E-state index in [9.17, 15) is 15.0 Å². The first kappa shape index (κ1) is 11.3. The standard InChI is InChI=1S/C12H15NO3/c13-6-11(15)12(16)9-3-1-2-8-7(9)4-5-10(8)14/h1-3,11-12,15-16H,4-6,13H2. The Labute approximate surface area is 93.7 Å². The first-order valence-corrected chi connectivity index (χ1v) is 5.36. The summed E-state index contributed by atoms with van der Waals surface area (Å²) in [6.45, 7) is -0.00121. The molecule has 2 unspecified atom stereocenters. The smallest absolute Gasteiger partial charge is 0.163 e. The summed E-state index contributed by atoms with van der Waals surface area (Å²) in [4.78, 5) is 11.5. The quantitative estimate of drug-likeness (QED) is 0.679. The predicted octanol–water partition coefficient (Wildman–Crippen LogP) is 0.168. The molecule has 16 heavy (non-hydrogen) atoms. The minimum Gasteiger partial charge on any atom is -0.389 e. The van der Waals surface area contributed by atoms with Crippen LogP contribution in [0.5, 0.6) is 0 Å². The van der Waals surface area contributed by atoms with Crippen LogP contribution in [0.25, 0.3) is 0 Å². The average Bonchev–Trinajstić information content (AvgIpc) is 2.69. The van der Waals surface area contributed by atoms with Gasteiger partial charge in [-0.2, -0.15) is 0 Å². The Morgan fingerprint density at radius 1 is 1.31 bits per heavy atom. The molecule has 1 aromatic rings. The van der Waals surface area contributed by atoms with Crippen molar-refractivity contribution in [2.45, 2.75) is 25.0 Å². The van der Waals surface area contributed by atoms with E-state index < -0.39 is 12.2 Å². The van der Waals surface area contributed by atoms with E-state index in [0.717, 1.165) is 5.56 Å². The number of Topliss-reactive ketones (excluding diaryl/α,β-unsaturated/α-hetero) is 1. The molecule has 0 fully saturated rings. The largest absolute Gasteiger partial charge is 0.389 e. The first-order chi connectivity index (χ1) is 7.65. The maximum atomic E-state index is 11.5. The molecule has 1 aliphatic carbocycles. The Hall–Kier alpha value is -1.23. The zero-order valence-electron chi connectivity index (χ0n) is 8.89. The summed E-state index contributed by atoms with van der Waals surface area (Å²) < 4.78 is 0.